The largest absolute Gasteiger partial charge is 0.298 e. The maximum absolute atomic E-state index is 10.9. The summed E-state index contributed by atoms with van der Waals surface area (Å²) in [5, 5.41) is 4.38. The van der Waals surface area contributed by atoms with Gasteiger partial charge in [0, 0.05) is 22.8 Å². The highest BCUT2D eigenvalue weighted by Crippen LogP contribution is 2.23. The van der Waals surface area contributed by atoms with Gasteiger partial charge in [-0.2, -0.15) is 5.10 Å². The predicted molar refractivity (Wildman–Crippen MR) is 66.4 cm³/mol. The summed E-state index contributed by atoms with van der Waals surface area (Å²) in [4.78, 5) is 10.9. The number of carbonyl (C=O) groups excluding carboxylic acids is 1. The summed E-state index contributed by atoms with van der Waals surface area (Å²) in [5.74, 6) is 0. The predicted octanol–water partition coefficient (Wildman–Crippen LogP) is 3.15. The Balaban J connectivity index is 2.54. The van der Waals surface area contributed by atoms with Crippen molar-refractivity contribution in [3.05, 3.63) is 40.5 Å². The van der Waals surface area contributed by atoms with Gasteiger partial charge < -0.3 is 0 Å². The molecule has 2 aromatic rings. The van der Waals surface area contributed by atoms with Crippen LogP contribution in [0, 0.1) is 0 Å². The summed E-state index contributed by atoms with van der Waals surface area (Å²) in [6.45, 7) is 2.75. The molecule has 4 heteroatoms. The molecule has 2 rings (SSSR count). The second-order valence-corrected chi connectivity index (χ2v) is 4.33. The van der Waals surface area contributed by atoms with Gasteiger partial charge in [0.2, 0.25) is 0 Å². The minimum Gasteiger partial charge on any atom is -0.298 e. The van der Waals surface area contributed by atoms with E-state index < -0.39 is 0 Å². The van der Waals surface area contributed by atoms with Crippen LogP contribution >= 0.6 is 15.9 Å². The van der Waals surface area contributed by atoms with Gasteiger partial charge in [-0.1, -0.05) is 28.1 Å². The van der Waals surface area contributed by atoms with Crippen LogP contribution in [-0.2, 0) is 6.54 Å². The minimum atomic E-state index is 0.625. The summed E-state index contributed by atoms with van der Waals surface area (Å²) in [6, 6.07) is 7.77. The highest BCUT2D eigenvalue weighted by molar-refractivity contribution is 9.10. The average molecular weight is 279 g/mol. The number of aromatic nitrogens is 2. The number of hydrogen-bond donors (Lipinski definition) is 0. The van der Waals surface area contributed by atoms with E-state index in [1.54, 1.807) is 10.9 Å². The van der Waals surface area contributed by atoms with E-state index in [1.165, 1.54) is 0 Å². The fraction of sp³-hybridized carbons (Fsp3) is 0.167. The van der Waals surface area contributed by atoms with Gasteiger partial charge in [0.25, 0.3) is 0 Å². The Morgan fingerprint density at radius 3 is 2.94 bits per heavy atom. The van der Waals surface area contributed by atoms with Crippen molar-refractivity contribution in [2.45, 2.75) is 13.5 Å². The van der Waals surface area contributed by atoms with Crippen molar-refractivity contribution in [3.63, 3.8) is 0 Å². The van der Waals surface area contributed by atoms with Crippen molar-refractivity contribution in [3.8, 4) is 11.3 Å². The van der Waals surface area contributed by atoms with Crippen molar-refractivity contribution in [1.82, 2.24) is 9.78 Å². The van der Waals surface area contributed by atoms with Crippen LogP contribution in [0.1, 0.15) is 17.3 Å². The second kappa shape index (κ2) is 4.61. The molecule has 0 radical (unpaired) electrons. The number of nitrogens with zero attached hydrogens (tertiary/aromatic N) is 2. The monoisotopic (exact) mass is 278 g/mol. The summed E-state index contributed by atoms with van der Waals surface area (Å²) in [7, 11) is 0. The van der Waals surface area contributed by atoms with Crippen molar-refractivity contribution in [2.75, 3.05) is 0 Å². The van der Waals surface area contributed by atoms with E-state index in [9.17, 15) is 4.79 Å². The number of rotatable bonds is 3. The molecule has 0 unspecified atom stereocenters. The van der Waals surface area contributed by atoms with Crippen LogP contribution in [0.5, 0.6) is 0 Å². The van der Waals surface area contributed by atoms with Gasteiger partial charge in [0.05, 0.1) is 5.56 Å². The van der Waals surface area contributed by atoms with Crippen molar-refractivity contribution >= 4 is 22.2 Å². The lowest BCUT2D eigenvalue weighted by Crippen LogP contribution is -1.93. The lowest BCUT2D eigenvalue weighted by atomic mass is 10.1. The van der Waals surface area contributed by atoms with E-state index in [0.29, 0.717) is 5.56 Å². The summed E-state index contributed by atoms with van der Waals surface area (Å²) in [5.41, 5.74) is 2.31. The Bertz CT molecular complexity index is 519. The highest BCUT2D eigenvalue weighted by atomic mass is 79.9. The quantitative estimate of drug-likeness (QED) is 0.809. The van der Waals surface area contributed by atoms with Crippen LogP contribution in [0.3, 0.4) is 0 Å². The smallest absolute Gasteiger partial charge is 0.153 e. The molecule has 0 aliphatic rings. The number of carbonyl (C=O) groups is 1. The fourth-order valence-electron chi connectivity index (χ4n) is 1.55. The maximum atomic E-state index is 10.9. The third-order valence-electron chi connectivity index (χ3n) is 2.34. The molecule has 3 nitrogen and oxygen atoms in total. The fourth-order valence-corrected chi connectivity index (χ4v) is 1.94. The molecule has 0 aliphatic heterocycles. The molecule has 16 heavy (non-hydrogen) atoms. The molecule has 0 amide bonds. The Kier molecular flexibility index (Phi) is 3.19. The normalized spacial score (nSPS) is 10.4. The Hall–Kier alpha value is -1.42. The number of aldehydes is 1. The first-order chi connectivity index (χ1) is 7.74. The van der Waals surface area contributed by atoms with Crippen LogP contribution in [0.4, 0.5) is 0 Å². The molecule has 0 saturated heterocycles. The highest BCUT2D eigenvalue weighted by Gasteiger charge is 2.09. The molecule has 1 aromatic carbocycles. The van der Waals surface area contributed by atoms with E-state index >= 15 is 0 Å². The van der Waals surface area contributed by atoms with Crippen LogP contribution < -0.4 is 0 Å². The molecule has 0 N–H and O–H groups in total. The topological polar surface area (TPSA) is 34.9 Å². The molecule has 0 spiro atoms. The first kappa shape index (κ1) is 11.1. The molecule has 82 valence electrons. The van der Waals surface area contributed by atoms with Gasteiger partial charge in [-0.05, 0) is 19.1 Å². The minimum absolute atomic E-state index is 0.625. The van der Waals surface area contributed by atoms with E-state index in [4.69, 9.17) is 0 Å². The third-order valence-corrected chi connectivity index (χ3v) is 2.83. The zero-order chi connectivity index (χ0) is 11.5. The molecule has 0 bridgehead atoms. The lowest BCUT2D eigenvalue weighted by molar-refractivity contribution is 0.112. The first-order valence-corrected chi connectivity index (χ1v) is 5.82. The summed E-state index contributed by atoms with van der Waals surface area (Å²) < 4.78 is 2.74. The van der Waals surface area contributed by atoms with E-state index in [1.807, 2.05) is 31.2 Å². The average Bonchev–Trinajstić information content (AvgIpc) is 2.72. The Morgan fingerprint density at radius 2 is 2.31 bits per heavy atom. The molecule has 0 fully saturated rings. The maximum Gasteiger partial charge on any atom is 0.153 e. The van der Waals surface area contributed by atoms with E-state index in [0.717, 1.165) is 28.6 Å². The zero-order valence-electron chi connectivity index (χ0n) is 8.85. The molecule has 1 heterocycles. The van der Waals surface area contributed by atoms with Crippen molar-refractivity contribution in [2.24, 2.45) is 0 Å². The number of hydrogen-bond acceptors (Lipinski definition) is 2. The van der Waals surface area contributed by atoms with Crippen LogP contribution in [-0.4, -0.2) is 16.1 Å². The van der Waals surface area contributed by atoms with E-state index in [-0.39, 0.29) is 0 Å². The first-order valence-electron chi connectivity index (χ1n) is 5.03. The van der Waals surface area contributed by atoms with Gasteiger partial charge in [0.1, 0.15) is 5.69 Å². The van der Waals surface area contributed by atoms with E-state index in [2.05, 4.69) is 21.0 Å². The molecule has 0 atom stereocenters. The summed E-state index contributed by atoms with van der Waals surface area (Å²) in [6.07, 6.45) is 2.61. The molecular formula is C12H11BrN2O. The number of aryl methyl sites for hydroxylation is 1. The summed E-state index contributed by atoms with van der Waals surface area (Å²) >= 11 is 3.41. The standard InChI is InChI=1S/C12H11BrN2O/c1-2-15-7-10(8-16)12(14-15)9-4-3-5-11(13)6-9/h3-8H,2H2,1H3. The second-order valence-electron chi connectivity index (χ2n) is 3.42. The Morgan fingerprint density at radius 1 is 1.50 bits per heavy atom. The van der Waals surface area contributed by atoms with Gasteiger partial charge in [-0.3, -0.25) is 9.48 Å². The molecule has 1 aromatic heterocycles. The molecule has 0 saturated carbocycles. The van der Waals surface area contributed by atoms with Gasteiger partial charge in [0.15, 0.2) is 6.29 Å². The SMILES string of the molecule is CCn1cc(C=O)c(-c2cccc(Br)c2)n1. The lowest BCUT2D eigenvalue weighted by Gasteiger charge is -1.98. The third kappa shape index (κ3) is 2.07. The van der Waals surface area contributed by atoms with Crippen LogP contribution in [0.2, 0.25) is 0 Å². The Labute approximate surface area is 102 Å². The number of halogens is 1. The van der Waals surface area contributed by atoms with Crippen molar-refractivity contribution < 1.29 is 4.79 Å². The van der Waals surface area contributed by atoms with Gasteiger partial charge in [-0.15, -0.1) is 0 Å². The molecule has 0 aliphatic carbocycles. The zero-order valence-corrected chi connectivity index (χ0v) is 10.4. The van der Waals surface area contributed by atoms with Crippen molar-refractivity contribution in [1.29, 1.82) is 0 Å². The van der Waals surface area contributed by atoms with Gasteiger partial charge >= 0.3 is 0 Å². The van der Waals surface area contributed by atoms with Crippen LogP contribution in [0.25, 0.3) is 11.3 Å². The molecular weight excluding hydrogens is 268 g/mol. The van der Waals surface area contributed by atoms with Crippen LogP contribution in [0.15, 0.2) is 34.9 Å². The number of benzene rings is 1. The van der Waals surface area contributed by atoms with Gasteiger partial charge in [-0.25, -0.2) is 0 Å².